The maximum atomic E-state index is 11.6. The van der Waals surface area contributed by atoms with Crippen molar-refractivity contribution in [1.82, 2.24) is 24.5 Å². The first-order valence-corrected chi connectivity index (χ1v) is 13.6. The lowest BCUT2D eigenvalue weighted by Gasteiger charge is -2.25. The predicted octanol–water partition coefficient (Wildman–Crippen LogP) is 7.25. The molecule has 0 amide bonds. The fourth-order valence-corrected chi connectivity index (χ4v) is 5.38. The molecular formula is C30H27ClN6O3. The largest absolute Gasteiger partial charge is 0.478 e. The summed E-state index contributed by atoms with van der Waals surface area (Å²) in [5.74, 6) is 1.23. The second kappa shape index (κ2) is 10.9. The lowest BCUT2D eigenvalue weighted by molar-refractivity contribution is 0.0697. The van der Waals surface area contributed by atoms with Crippen molar-refractivity contribution in [3.63, 3.8) is 0 Å². The van der Waals surface area contributed by atoms with Gasteiger partial charge in [0, 0.05) is 29.2 Å². The first kappa shape index (κ1) is 25.8. The normalized spacial score (nSPS) is 13.8. The molecule has 0 atom stereocenters. The van der Waals surface area contributed by atoms with Crippen LogP contribution in [0.25, 0.3) is 33.8 Å². The number of anilines is 1. The van der Waals surface area contributed by atoms with Gasteiger partial charge in [-0.15, -0.1) is 0 Å². The Morgan fingerprint density at radius 1 is 0.950 bits per heavy atom. The number of rotatable bonds is 7. The van der Waals surface area contributed by atoms with Gasteiger partial charge in [-0.3, -0.25) is 0 Å². The van der Waals surface area contributed by atoms with Crippen LogP contribution in [0.5, 0.6) is 11.8 Å². The van der Waals surface area contributed by atoms with Crippen LogP contribution in [0.3, 0.4) is 0 Å². The summed E-state index contributed by atoms with van der Waals surface area (Å²) in [6.45, 7) is 0. The number of benzene rings is 3. The Balaban J connectivity index is 1.33. The molecule has 1 fully saturated rings. The molecule has 0 unspecified atom stereocenters. The minimum absolute atomic E-state index is 0.151. The number of imidazole rings is 1. The van der Waals surface area contributed by atoms with Crippen molar-refractivity contribution in [2.24, 2.45) is 0 Å². The van der Waals surface area contributed by atoms with Crippen molar-refractivity contribution >= 4 is 34.6 Å². The molecule has 0 bridgehead atoms. The van der Waals surface area contributed by atoms with Crippen molar-refractivity contribution in [2.75, 3.05) is 12.4 Å². The number of carboxylic acid groups (broad SMARTS) is 1. The molecule has 6 rings (SSSR count). The highest BCUT2D eigenvalue weighted by Gasteiger charge is 2.23. The van der Waals surface area contributed by atoms with Gasteiger partial charge in [-0.05, 0) is 67.4 Å². The van der Waals surface area contributed by atoms with E-state index in [1.807, 2.05) is 42.5 Å². The zero-order valence-electron chi connectivity index (χ0n) is 21.8. The summed E-state index contributed by atoms with van der Waals surface area (Å²) in [6.07, 6.45) is 5.72. The molecule has 0 radical (unpaired) electrons. The minimum Gasteiger partial charge on any atom is -0.478 e. The van der Waals surface area contributed by atoms with Crippen LogP contribution >= 0.6 is 11.6 Å². The van der Waals surface area contributed by atoms with E-state index >= 15 is 0 Å². The van der Waals surface area contributed by atoms with E-state index in [2.05, 4.69) is 24.8 Å². The second-order valence-corrected chi connectivity index (χ2v) is 10.2. The van der Waals surface area contributed by atoms with Crippen molar-refractivity contribution in [2.45, 2.75) is 38.1 Å². The summed E-state index contributed by atoms with van der Waals surface area (Å²) in [7, 11) is 1.73. The van der Waals surface area contributed by atoms with Crippen molar-refractivity contribution < 1.29 is 14.6 Å². The molecule has 202 valence electrons. The topological polar surface area (TPSA) is 115 Å². The maximum absolute atomic E-state index is 11.6. The summed E-state index contributed by atoms with van der Waals surface area (Å²) >= 11 is 6.16. The summed E-state index contributed by atoms with van der Waals surface area (Å²) in [5.41, 5.74) is 3.52. The Hall–Kier alpha value is -4.50. The highest BCUT2D eigenvalue weighted by atomic mass is 35.5. The van der Waals surface area contributed by atoms with E-state index in [-0.39, 0.29) is 11.6 Å². The number of fused-ring (bicyclic) bond motifs is 1. The highest BCUT2D eigenvalue weighted by Crippen LogP contribution is 2.37. The number of nitrogens with one attached hydrogen (secondary N) is 1. The van der Waals surface area contributed by atoms with Crippen LogP contribution < -0.4 is 10.1 Å². The van der Waals surface area contributed by atoms with E-state index in [9.17, 15) is 9.90 Å². The summed E-state index contributed by atoms with van der Waals surface area (Å²) in [4.78, 5) is 29.7. The number of carboxylic acids is 1. The van der Waals surface area contributed by atoms with Gasteiger partial charge >= 0.3 is 12.0 Å². The average Bonchev–Trinajstić information content (AvgIpc) is 3.36. The summed E-state index contributed by atoms with van der Waals surface area (Å²) in [6, 6.07) is 20.5. The molecule has 5 aromatic rings. The molecule has 2 heterocycles. The van der Waals surface area contributed by atoms with Gasteiger partial charge in [0.1, 0.15) is 11.6 Å². The van der Waals surface area contributed by atoms with Crippen LogP contribution in [-0.4, -0.2) is 42.6 Å². The molecule has 0 aliphatic heterocycles. The zero-order chi connectivity index (χ0) is 27.6. The van der Waals surface area contributed by atoms with Crippen molar-refractivity contribution in [3.05, 3.63) is 77.3 Å². The van der Waals surface area contributed by atoms with Gasteiger partial charge in [0.15, 0.2) is 5.82 Å². The molecule has 40 heavy (non-hydrogen) atoms. The van der Waals surface area contributed by atoms with Crippen LogP contribution in [0, 0.1) is 0 Å². The zero-order valence-corrected chi connectivity index (χ0v) is 22.6. The van der Waals surface area contributed by atoms with Gasteiger partial charge in [-0.2, -0.15) is 15.0 Å². The number of halogens is 1. The fraction of sp³-hybridized carbons (Fsp3) is 0.233. The Kier molecular flexibility index (Phi) is 7.04. The Labute approximate surface area is 235 Å². The standard InChI is InChI=1S/C30H27ClN6O3/c1-32-29-34-26(19-6-5-7-21(31)16-19)35-30(36-29)40-23-13-10-18(11-14-23)27-33-24-17-20(28(38)39)12-15-25(24)37(27)22-8-3-2-4-9-22/h5-7,10-17,22H,2-4,8-9H2,1H3,(H,38,39)(H,32,34,35,36). The molecule has 1 aliphatic carbocycles. The van der Waals surface area contributed by atoms with Crippen LogP contribution in [0.4, 0.5) is 5.95 Å². The number of carbonyl (C=O) groups is 1. The second-order valence-electron chi connectivity index (χ2n) is 9.76. The molecule has 10 heteroatoms. The van der Waals surface area contributed by atoms with Gasteiger partial charge < -0.3 is 19.7 Å². The Bertz CT molecular complexity index is 1700. The number of ether oxygens (including phenoxy) is 1. The van der Waals surface area contributed by atoms with Gasteiger partial charge in [-0.1, -0.05) is 43.0 Å². The van der Waals surface area contributed by atoms with E-state index in [0.717, 1.165) is 35.3 Å². The fourth-order valence-electron chi connectivity index (χ4n) is 5.19. The van der Waals surface area contributed by atoms with E-state index in [0.29, 0.717) is 34.1 Å². The summed E-state index contributed by atoms with van der Waals surface area (Å²) in [5, 5.41) is 13.0. The van der Waals surface area contributed by atoms with Gasteiger partial charge in [0.25, 0.3) is 0 Å². The number of aromatic nitrogens is 5. The SMILES string of the molecule is CNc1nc(Oc2ccc(-c3nc4cc(C(=O)O)ccc4n3C3CCCCC3)cc2)nc(-c2cccc(Cl)c2)n1. The van der Waals surface area contributed by atoms with Gasteiger partial charge in [-0.25, -0.2) is 9.78 Å². The number of hydrogen-bond acceptors (Lipinski definition) is 7. The lowest BCUT2D eigenvalue weighted by Crippen LogP contribution is -2.14. The van der Waals surface area contributed by atoms with Crippen LogP contribution in [-0.2, 0) is 0 Å². The first-order valence-electron chi connectivity index (χ1n) is 13.2. The van der Waals surface area contributed by atoms with E-state index in [1.54, 1.807) is 31.3 Å². The number of nitrogens with zero attached hydrogens (tertiary/aromatic N) is 5. The quantitative estimate of drug-likeness (QED) is 0.216. The highest BCUT2D eigenvalue weighted by molar-refractivity contribution is 6.30. The summed E-state index contributed by atoms with van der Waals surface area (Å²) < 4.78 is 8.30. The van der Waals surface area contributed by atoms with E-state index in [4.69, 9.17) is 21.3 Å². The molecule has 0 saturated heterocycles. The smallest absolute Gasteiger partial charge is 0.335 e. The number of aromatic carboxylic acids is 1. The third kappa shape index (κ3) is 5.20. The molecule has 1 aliphatic rings. The lowest BCUT2D eigenvalue weighted by atomic mass is 9.95. The Morgan fingerprint density at radius 2 is 1.75 bits per heavy atom. The predicted molar refractivity (Wildman–Crippen MR) is 154 cm³/mol. The monoisotopic (exact) mass is 554 g/mol. The van der Waals surface area contributed by atoms with Crippen LogP contribution in [0.15, 0.2) is 66.7 Å². The third-order valence-electron chi connectivity index (χ3n) is 7.12. The molecule has 9 nitrogen and oxygen atoms in total. The van der Waals surface area contributed by atoms with Crippen LogP contribution in [0.2, 0.25) is 5.02 Å². The first-order chi connectivity index (χ1) is 19.5. The number of hydrogen-bond donors (Lipinski definition) is 2. The average molecular weight is 555 g/mol. The molecular weight excluding hydrogens is 528 g/mol. The Morgan fingerprint density at radius 3 is 2.48 bits per heavy atom. The molecule has 2 aromatic heterocycles. The minimum atomic E-state index is -0.963. The van der Waals surface area contributed by atoms with E-state index in [1.165, 1.54) is 19.3 Å². The van der Waals surface area contributed by atoms with E-state index < -0.39 is 5.97 Å². The van der Waals surface area contributed by atoms with Crippen LogP contribution in [0.1, 0.15) is 48.5 Å². The van der Waals surface area contributed by atoms with Gasteiger partial charge in [0.2, 0.25) is 5.95 Å². The maximum Gasteiger partial charge on any atom is 0.335 e. The van der Waals surface area contributed by atoms with Crippen molar-refractivity contribution in [1.29, 1.82) is 0 Å². The molecule has 0 spiro atoms. The van der Waals surface area contributed by atoms with Crippen molar-refractivity contribution in [3.8, 4) is 34.5 Å². The third-order valence-corrected chi connectivity index (χ3v) is 7.35. The molecule has 2 N–H and O–H groups in total. The molecule has 3 aromatic carbocycles. The molecule has 1 saturated carbocycles. The van der Waals surface area contributed by atoms with Gasteiger partial charge in [0.05, 0.1) is 16.6 Å².